The van der Waals surface area contributed by atoms with Gasteiger partial charge in [-0.2, -0.15) is 0 Å². The summed E-state index contributed by atoms with van der Waals surface area (Å²) in [4.78, 5) is 9.02. The van der Waals surface area contributed by atoms with Crippen LogP contribution in [0, 0.1) is 0 Å². The van der Waals surface area contributed by atoms with Crippen LogP contribution in [0.1, 0.15) is 51.6 Å². The Morgan fingerprint density at radius 2 is 2.06 bits per heavy atom. The maximum absolute atomic E-state index is 4.63. The molecule has 0 aliphatic rings. The van der Waals surface area contributed by atoms with Crippen LogP contribution in [0.25, 0.3) is 0 Å². The molecule has 0 fully saturated rings. The summed E-state index contributed by atoms with van der Waals surface area (Å²) < 4.78 is 0. The van der Waals surface area contributed by atoms with Crippen molar-refractivity contribution < 1.29 is 0 Å². The van der Waals surface area contributed by atoms with E-state index < -0.39 is 0 Å². The molecule has 0 aliphatic carbocycles. The van der Waals surface area contributed by atoms with E-state index in [1.165, 1.54) is 0 Å². The Hall–Kier alpha value is -1.16. The fourth-order valence-electron chi connectivity index (χ4n) is 1.50. The van der Waals surface area contributed by atoms with Crippen LogP contribution in [-0.2, 0) is 6.54 Å². The average Bonchev–Trinajstić information content (AvgIpc) is 2.34. The van der Waals surface area contributed by atoms with Gasteiger partial charge in [0.15, 0.2) is 0 Å². The summed E-state index contributed by atoms with van der Waals surface area (Å²) in [6.07, 6.45) is 3.01. The summed E-state index contributed by atoms with van der Waals surface area (Å²) in [5.41, 5.74) is 2.12. The summed E-state index contributed by atoms with van der Waals surface area (Å²) in [7, 11) is 0. The van der Waals surface area contributed by atoms with Crippen molar-refractivity contribution in [2.75, 3.05) is 18.4 Å². The zero-order valence-corrected chi connectivity index (χ0v) is 11.4. The molecule has 0 saturated carbocycles. The molecule has 1 rings (SSSR count). The predicted octanol–water partition coefficient (Wildman–Crippen LogP) is 2.53. The molecular weight excluding hydrogens is 212 g/mol. The number of rotatable bonds is 7. The van der Waals surface area contributed by atoms with E-state index in [1.54, 1.807) is 0 Å². The first kappa shape index (κ1) is 13.9. The number of aromatic nitrogens is 2. The van der Waals surface area contributed by atoms with Crippen LogP contribution in [0.2, 0.25) is 0 Å². The van der Waals surface area contributed by atoms with Crippen molar-refractivity contribution in [3.8, 4) is 0 Å². The van der Waals surface area contributed by atoms with Crippen LogP contribution in [0.3, 0.4) is 0 Å². The molecule has 0 unspecified atom stereocenters. The number of nitrogens with zero attached hydrogens (tertiary/aromatic N) is 2. The fourth-order valence-corrected chi connectivity index (χ4v) is 1.50. The van der Waals surface area contributed by atoms with Crippen molar-refractivity contribution >= 4 is 5.69 Å². The van der Waals surface area contributed by atoms with Crippen molar-refractivity contribution in [1.82, 2.24) is 15.3 Å². The maximum atomic E-state index is 4.63. The van der Waals surface area contributed by atoms with Gasteiger partial charge in [-0.3, -0.25) is 0 Å². The van der Waals surface area contributed by atoms with Gasteiger partial charge in [0.25, 0.3) is 0 Å². The molecule has 0 amide bonds. The molecule has 1 aromatic heterocycles. The third-order valence-corrected chi connectivity index (χ3v) is 2.51. The highest BCUT2D eigenvalue weighted by Crippen LogP contribution is 2.16. The number of hydrogen-bond donors (Lipinski definition) is 2. The lowest BCUT2D eigenvalue weighted by atomic mass is 10.2. The van der Waals surface area contributed by atoms with Gasteiger partial charge in [-0.05, 0) is 13.0 Å². The molecule has 4 nitrogen and oxygen atoms in total. The zero-order valence-electron chi connectivity index (χ0n) is 11.4. The topological polar surface area (TPSA) is 49.8 Å². The first-order chi connectivity index (χ1) is 8.19. The molecular formula is C13H24N4. The molecule has 1 aromatic rings. The van der Waals surface area contributed by atoms with Gasteiger partial charge in [0.05, 0.1) is 17.6 Å². The number of nitrogens with one attached hydrogen (secondary N) is 2. The van der Waals surface area contributed by atoms with E-state index in [4.69, 9.17) is 0 Å². The van der Waals surface area contributed by atoms with Gasteiger partial charge in [0.1, 0.15) is 5.82 Å². The lowest BCUT2D eigenvalue weighted by Gasteiger charge is -2.13. The van der Waals surface area contributed by atoms with E-state index in [0.717, 1.165) is 43.3 Å². The summed E-state index contributed by atoms with van der Waals surface area (Å²) >= 11 is 0. The van der Waals surface area contributed by atoms with Gasteiger partial charge < -0.3 is 10.6 Å². The van der Waals surface area contributed by atoms with Crippen molar-refractivity contribution in [2.45, 2.75) is 46.6 Å². The smallest absolute Gasteiger partial charge is 0.131 e. The molecule has 0 spiro atoms. The van der Waals surface area contributed by atoms with Crippen LogP contribution in [-0.4, -0.2) is 23.1 Å². The van der Waals surface area contributed by atoms with Gasteiger partial charge in [-0.25, -0.2) is 9.97 Å². The SMILES string of the molecule is CCCNc1cnc(C(C)C)nc1CNCC. The molecule has 4 heteroatoms. The molecule has 1 heterocycles. The fraction of sp³-hybridized carbons (Fsp3) is 0.692. The van der Waals surface area contributed by atoms with E-state index >= 15 is 0 Å². The minimum Gasteiger partial charge on any atom is -0.382 e. The van der Waals surface area contributed by atoms with E-state index in [9.17, 15) is 0 Å². The molecule has 0 atom stereocenters. The number of anilines is 1. The quantitative estimate of drug-likeness (QED) is 0.764. The lowest BCUT2D eigenvalue weighted by molar-refractivity contribution is 0.688. The Labute approximate surface area is 104 Å². The number of hydrogen-bond acceptors (Lipinski definition) is 4. The zero-order chi connectivity index (χ0) is 12.7. The Morgan fingerprint density at radius 3 is 2.65 bits per heavy atom. The van der Waals surface area contributed by atoms with Gasteiger partial charge >= 0.3 is 0 Å². The summed E-state index contributed by atoms with van der Waals surface area (Å²) in [6, 6.07) is 0. The second-order valence-electron chi connectivity index (χ2n) is 4.45. The minimum atomic E-state index is 0.371. The van der Waals surface area contributed by atoms with Gasteiger partial charge in [-0.15, -0.1) is 0 Å². The van der Waals surface area contributed by atoms with E-state index in [1.807, 2.05) is 6.20 Å². The summed E-state index contributed by atoms with van der Waals surface area (Å²) in [5, 5.41) is 6.69. The first-order valence-electron chi connectivity index (χ1n) is 6.49. The van der Waals surface area contributed by atoms with Crippen LogP contribution < -0.4 is 10.6 Å². The maximum Gasteiger partial charge on any atom is 0.131 e. The van der Waals surface area contributed by atoms with Crippen molar-refractivity contribution in [1.29, 1.82) is 0 Å². The normalized spacial score (nSPS) is 10.9. The van der Waals surface area contributed by atoms with Crippen LogP contribution in [0.4, 0.5) is 5.69 Å². The Bertz CT molecular complexity index is 336. The third-order valence-electron chi connectivity index (χ3n) is 2.51. The second-order valence-corrected chi connectivity index (χ2v) is 4.45. The van der Waals surface area contributed by atoms with Crippen molar-refractivity contribution in [3.05, 3.63) is 17.7 Å². The first-order valence-corrected chi connectivity index (χ1v) is 6.49. The molecule has 0 radical (unpaired) electrons. The van der Waals surface area contributed by atoms with Crippen LogP contribution in [0.15, 0.2) is 6.20 Å². The highest BCUT2D eigenvalue weighted by molar-refractivity contribution is 5.46. The minimum absolute atomic E-state index is 0.371. The second kappa shape index (κ2) is 7.22. The van der Waals surface area contributed by atoms with Gasteiger partial charge in [0.2, 0.25) is 0 Å². The van der Waals surface area contributed by atoms with E-state index in [2.05, 4.69) is 48.3 Å². The van der Waals surface area contributed by atoms with Crippen LogP contribution in [0.5, 0.6) is 0 Å². The lowest BCUT2D eigenvalue weighted by Crippen LogP contribution is -2.17. The van der Waals surface area contributed by atoms with E-state index in [-0.39, 0.29) is 0 Å². The van der Waals surface area contributed by atoms with Gasteiger partial charge in [-0.1, -0.05) is 27.7 Å². The molecule has 96 valence electrons. The van der Waals surface area contributed by atoms with Gasteiger partial charge in [0, 0.05) is 19.0 Å². The molecule has 0 bridgehead atoms. The molecule has 0 saturated heterocycles. The Kier molecular flexibility index (Phi) is 5.91. The predicted molar refractivity (Wildman–Crippen MR) is 72.3 cm³/mol. The molecule has 17 heavy (non-hydrogen) atoms. The highest BCUT2D eigenvalue weighted by Gasteiger charge is 2.08. The largest absolute Gasteiger partial charge is 0.382 e. The molecule has 0 aliphatic heterocycles. The third kappa shape index (κ3) is 4.30. The van der Waals surface area contributed by atoms with Crippen molar-refractivity contribution in [3.63, 3.8) is 0 Å². The molecule has 0 aromatic carbocycles. The summed E-state index contributed by atoms with van der Waals surface area (Å²) in [5.74, 6) is 1.29. The Balaban J connectivity index is 2.86. The highest BCUT2D eigenvalue weighted by atomic mass is 15.0. The Morgan fingerprint density at radius 1 is 1.29 bits per heavy atom. The summed E-state index contributed by atoms with van der Waals surface area (Å²) in [6.45, 7) is 11.2. The average molecular weight is 236 g/mol. The standard InChI is InChI=1S/C13H24N4/c1-5-7-15-11-9-16-13(10(3)4)17-12(11)8-14-6-2/h9-10,14-15H,5-8H2,1-4H3. The van der Waals surface area contributed by atoms with Crippen molar-refractivity contribution in [2.24, 2.45) is 0 Å². The molecule has 2 N–H and O–H groups in total. The van der Waals surface area contributed by atoms with Crippen LogP contribution >= 0.6 is 0 Å². The monoisotopic (exact) mass is 236 g/mol. The van der Waals surface area contributed by atoms with E-state index in [0.29, 0.717) is 5.92 Å².